The average Bonchev–Trinajstić information content (AvgIpc) is 3.52. The van der Waals surface area contributed by atoms with Gasteiger partial charge in [-0.1, -0.05) is 131 Å². The van der Waals surface area contributed by atoms with Gasteiger partial charge in [-0.15, -0.1) is 0 Å². The number of benzene rings is 3. The average molecular weight is 709 g/mol. The van der Waals surface area contributed by atoms with Gasteiger partial charge < -0.3 is 25.3 Å². The van der Waals surface area contributed by atoms with Crippen molar-refractivity contribution in [2.24, 2.45) is 5.73 Å². The Hall–Kier alpha value is -4.92. The molecule has 0 aliphatic heterocycles. The number of esters is 1. The number of rotatable bonds is 23. The van der Waals surface area contributed by atoms with Crippen LogP contribution in [0.5, 0.6) is 0 Å². The molecule has 52 heavy (non-hydrogen) atoms. The van der Waals surface area contributed by atoms with Crippen molar-refractivity contribution in [3.63, 3.8) is 0 Å². The standard InChI is InChI=1S/C43H56N4O5/c1-3-5-7-14-23-35(29-40(44)48)47(28-17-6-4-2)43(51)38(25-18-27-41(49)52-32-34-21-12-9-13-22-34)45-42(50)37-31-46(30-33-19-10-8-11-20-33)39-26-16-15-24-36(37)39/h8-13,15-16,19-22,24,26,31,35,38H,3-7,14,17-18,23,25,27-30,32H2,1-2H3,(H2,44,48)(H,45,50)/t35-,38-/m0/s1. The minimum Gasteiger partial charge on any atom is -0.461 e. The van der Waals surface area contributed by atoms with Crippen LogP contribution in [0.3, 0.4) is 0 Å². The third kappa shape index (κ3) is 12.4. The largest absolute Gasteiger partial charge is 0.461 e. The van der Waals surface area contributed by atoms with Crippen molar-refractivity contribution in [3.05, 3.63) is 108 Å². The van der Waals surface area contributed by atoms with E-state index in [0.717, 1.165) is 67.0 Å². The van der Waals surface area contributed by atoms with E-state index in [9.17, 15) is 19.2 Å². The lowest BCUT2D eigenvalue weighted by atomic mass is 9.99. The van der Waals surface area contributed by atoms with Crippen LogP contribution in [0.2, 0.25) is 0 Å². The molecule has 9 heteroatoms. The number of hydrogen-bond donors (Lipinski definition) is 2. The summed E-state index contributed by atoms with van der Waals surface area (Å²) in [6.45, 7) is 5.46. The normalized spacial score (nSPS) is 12.3. The van der Waals surface area contributed by atoms with E-state index in [2.05, 4.69) is 23.7 Å². The first-order chi connectivity index (χ1) is 25.3. The Labute approximate surface area is 308 Å². The van der Waals surface area contributed by atoms with Crippen LogP contribution in [0.15, 0.2) is 91.1 Å². The highest BCUT2D eigenvalue weighted by atomic mass is 16.5. The number of carbonyl (C=O) groups excluding carboxylic acids is 4. The molecule has 0 unspecified atom stereocenters. The predicted molar refractivity (Wildman–Crippen MR) is 206 cm³/mol. The molecule has 0 spiro atoms. The highest BCUT2D eigenvalue weighted by molar-refractivity contribution is 6.08. The molecule has 3 N–H and O–H groups in total. The second kappa shape index (κ2) is 21.4. The highest BCUT2D eigenvalue weighted by Crippen LogP contribution is 2.24. The fourth-order valence-corrected chi connectivity index (χ4v) is 6.70. The summed E-state index contributed by atoms with van der Waals surface area (Å²) in [5.41, 5.74) is 9.12. The third-order valence-electron chi connectivity index (χ3n) is 9.50. The van der Waals surface area contributed by atoms with Gasteiger partial charge in [0.05, 0.1) is 5.56 Å². The molecular weight excluding hydrogens is 652 g/mol. The second-order valence-electron chi connectivity index (χ2n) is 13.7. The number of nitrogens with zero attached hydrogens (tertiary/aromatic N) is 2. The lowest BCUT2D eigenvalue weighted by Crippen LogP contribution is -2.53. The molecule has 0 saturated heterocycles. The number of hydrogen-bond acceptors (Lipinski definition) is 5. The molecule has 1 heterocycles. The minimum atomic E-state index is -0.918. The highest BCUT2D eigenvalue weighted by Gasteiger charge is 2.32. The van der Waals surface area contributed by atoms with Crippen molar-refractivity contribution in [1.29, 1.82) is 0 Å². The van der Waals surface area contributed by atoms with E-state index in [1.54, 1.807) is 4.90 Å². The molecule has 278 valence electrons. The van der Waals surface area contributed by atoms with Gasteiger partial charge >= 0.3 is 5.97 Å². The number of ether oxygens (including phenoxy) is 1. The number of aromatic nitrogens is 1. The minimum absolute atomic E-state index is 0.0590. The number of carbonyl (C=O) groups is 4. The van der Waals surface area contributed by atoms with Crippen molar-refractivity contribution in [2.45, 2.75) is 116 Å². The van der Waals surface area contributed by atoms with Gasteiger partial charge in [-0.25, -0.2) is 0 Å². The topological polar surface area (TPSA) is 124 Å². The summed E-state index contributed by atoms with van der Waals surface area (Å²) in [6, 6.07) is 26.0. The van der Waals surface area contributed by atoms with E-state index in [4.69, 9.17) is 10.5 Å². The number of primary amides is 1. The molecule has 0 aliphatic rings. The van der Waals surface area contributed by atoms with Gasteiger partial charge in [0.1, 0.15) is 12.6 Å². The molecule has 0 bridgehead atoms. The molecule has 4 aromatic rings. The fraction of sp³-hybridized carbons (Fsp3) is 0.442. The van der Waals surface area contributed by atoms with E-state index < -0.39 is 11.9 Å². The summed E-state index contributed by atoms with van der Waals surface area (Å²) in [7, 11) is 0. The van der Waals surface area contributed by atoms with E-state index in [1.165, 1.54) is 0 Å². The fourth-order valence-electron chi connectivity index (χ4n) is 6.70. The Kier molecular flexibility index (Phi) is 16.4. The number of fused-ring (bicyclic) bond motifs is 1. The molecule has 3 amide bonds. The maximum atomic E-state index is 14.7. The number of unbranched alkanes of at least 4 members (excludes halogenated alkanes) is 5. The van der Waals surface area contributed by atoms with Crippen LogP contribution in [0, 0.1) is 0 Å². The Morgan fingerprint density at radius 2 is 1.42 bits per heavy atom. The van der Waals surface area contributed by atoms with Crippen molar-refractivity contribution < 1.29 is 23.9 Å². The van der Waals surface area contributed by atoms with Gasteiger partial charge in [0, 0.05) is 49.1 Å². The first kappa shape index (κ1) is 39.9. The first-order valence-electron chi connectivity index (χ1n) is 19.0. The Balaban J connectivity index is 1.59. The number of amides is 3. The summed E-state index contributed by atoms with van der Waals surface area (Å²) in [5, 5.41) is 3.86. The van der Waals surface area contributed by atoms with E-state index in [0.29, 0.717) is 31.5 Å². The summed E-state index contributed by atoms with van der Waals surface area (Å²) in [6.07, 6.45) is 9.90. The smallest absolute Gasteiger partial charge is 0.306 e. The van der Waals surface area contributed by atoms with Crippen molar-refractivity contribution in [1.82, 2.24) is 14.8 Å². The molecule has 4 rings (SSSR count). The van der Waals surface area contributed by atoms with Crippen LogP contribution in [-0.4, -0.2) is 51.8 Å². The maximum absolute atomic E-state index is 14.7. The molecule has 0 saturated carbocycles. The maximum Gasteiger partial charge on any atom is 0.306 e. The Morgan fingerprint density at radius 1 is 0.769 bits per heavy atom. The zero-order valence-corrected chi connectivity index (χ0v) is 30.9. The summed E-state index contributed by atoms with van der Waals surface area (Å²) >= 11 is 0. The molecule has 3 aromatic carbocycles. The van der Waals surface area contributed by atoms with Gasteiger partial charge in [0.15, 0.2) is 0 Å². The third-order valence-corrected chi connectivity index (χ3v) is 9.50. The lowest BCUT2D eigenvalue weighted by Gasteiger charge is -2.35. The molecular formula is C43H56N4O5. The van der Waals surface area contributed by atoms with Crippen LogP contribution in [0.25, 0.3) is 10.9 Å². The summed E-state index contributed by atoms with van der Waals surface area (Å²) in [5.74, 6) is -1.44. The van der Waals surface area contributed by atoms with Gasteiger partial charge in [-0.3, -0.25) is 19.2 Å². The SMILES string of the molecule is CCCCCC[C@@H](CC(N)=O)N(CCCCC)C(=O)[C@H](CCCC(=O)OCc1ccccc1)NC(=O)c1cn(Cc2ccccc2)c2ccccc12. The van der Waals surface area contributed by atoms with Crippen molar-refractivity contribution in [2.75, 3.05) is 6.54 Å². The van der Waals surface area contributed by atoms with E-state index in [1.807, 2.05) is 91.1 Å². The van der Waals surface area contributed by atoms with E-state index >= 15 is 0 Å². The molecule has 9 nitrogen and oxygen atoms in total. The molecule has 0 aliphatic carbocycles. The molecule has 1 aromatic heterocycles. The van der Waals surface area contributed by atoms with Crippen LogP contribution >= 0.6 is 0 Å². The van der Waals surface area contributed by atoms with Gasteiger partial charge in [0.25, 0.3) is 5.91 Å². The number of nitrogens with two attached hydrogens (primary N) is 1. The number of para-hydroxylation sites is 1. The van der Waals surface area contributed by atoms with Crippen molar-refractivity contribution in [3.8, 4) is 0 Å². The monoisotopic (exact) mass is 708 g/mol. The Morgan fingerprint density at radius 3 is 2.12 bits per heavy atom. The zero-order chi connectivity index (χ0) is 37.1. The van der Waals surface area contributed by atoms with Crippen LogP contribution in [-0.2, 0) is 32.3 Å². The van der Waals surface area contributed by atoms with Crippen LogP contribution < -0.4 is 11.1 Å². The predicted octanol–water partition coefficient (Wildman–Crippen LogP) is 7.93. The van der Waals surface area contributed by atoms with E-state index in [-0.39, 0.29) is 49.7 Å². The molecule has 0 fully saturated rings. The summed E-state index contributed by atoms with van der Waals surface area (Å²) < 4.78 is 7.55. The van der Waals surface area contributed by atoms with Gasteiger partial charge in [-0.2, -0.15) is 0 Å². The summed E-state index contributed by atoms with van der Waals surface area (Å²) in [4.78, 5) is 55.7. The second-order valence-corrected chi connectivity index (χ2v) is 13.7. The first-order valence-corrected chi connectivity index (χ1v) is 19.0. The van der Waals surface area contributed by atoms with Crippen molar-refractivity contribution >= 4 is 34.6 Å². The lowest BCUT2D eigenvalue weighted by molar-refractivity contribution is -0.145. The molecule has 0 radical (unpaired) electrons. The van der Waals surface area contributed by atoms with Gasteiger partial charge in [0.2, 0.25) is 11.8 Å². The quantitative estimate of drug-likeness (QED) is 0.0598. The van der Waals surface area contributed by atoms with Crippen LogP contribution in [0.1, 0.15) is 112 Å². The molecule has 2 atom stereocenters. The van der Waals surface area contributed by atoms with Crippen LogP contribution in [0.4, 0.5) is 0 Å². The zero-order valence-electron chi connectivity index (χ0n) is 30.9. The number of nitrogens with one attached hydrogen (secondary N) is 1. The Bertz CT molecular complexity index is 1700. The van der Waals surface area contributed by atoms with Gasteiger partial charge in [-0.05, 0) is 42.9 Å².